The van der Waals surface area contributed by atoms with E-state index in [-0.39, 0.29) is 5.60 Å². The van der Waals surface area contributed by atoms with Crippen LogP contribution in [0.5, 0.6) is 0 Å². The third-order valence-electron chi connectivity index (χ3n) is 3.41. The van der Waals surface area contributed by atoms with Crippen LogP contribution in [-0.4, -0.2) is 6.61 Å². The molecule has 0 amide bonds. The highest BCUT2D eigenvalue weighted by molar-refractivity contribution is 5.18. The molecule has 70 valence electrons. The molecule has 1 unspecified atom stereocenters. The fraction of sp³-hybridized carbons (Fsp3) is 0.636. The van der Waals surface area contributed by atoms with Gasteiger partial charge in [0.2, 0.25) is 0 Å². The SMILES string of the molecule is c1coc(C2(C3CCCC3)CO2)c1. The molecule has 2 fully saturated rings. The Labute approximate surface area is 77.9 Å². The fourth-order valence-corrected chi connectivity index (χ4v) is 2.57. The molecule has 0 spiro atoms. The minimum Gasteiger partial charge on any atom is -0.466 e. The van der Waals surface area contributed by atoms with Crippen molar-refractivity contribution in [3.05, 3.63) is 24.2 Å². The van der Waals surface area contributed by atoms with Gasteiger partial charge in [-0.15, -0.1) is 0 Å². The quantitative estimate of drug-likeness (QED) is 0.651. The predicted octanol–water partition coefficient (Wildman–Crippen LogP) is 2.70. The Kier molecular flexibility index (Phi) is 1.53. The number of ether oxygens (including phenoxy) is 1. The molecule has 2 nitrogen and oxygen atoms in total. The van der Waals surface area contributed by atoms with Crippen LogP contribution < -0.4 is 0 Å². The molecule has 1 aromatic heterocycles. The van der Waals surface area contributed by atoms with E-state index in [0.29, 0.717) is 5.92 Å². The van der Waals surface area contributed by atoms with Gasteiger partial charge in [-0.1, -0.05) is 12.8 Å². The summed E-state index contributed by atoms with van der Waals surface area (Å²) in [5, 5.41) is 0. The van der Waals surface area contributed by atoms with Gasteiger partial charge in [0.15, 0.2) is 5.60 Å². The van der Waals surface area contributed by atoms with Gasteiger partial charge in [0.25, 0.3) is 0 Å². The summed E-state index contributed by atoms with van der Waals surface area (Å²) < 4.78 is 11.1. The first kappa shape index (κ1) is 7.63. The second-order valence-corrected chi connectivity index (χ2v) is 4.14. The van der Waals surface area contributed by atoms with Gasteiger partial charge in [-0.3, -0.25) is 0 Å². The van der Waals surface area contributed by atoms with E-state index >= 15 is 0 Å². The van der Waals surface area contributed by atoms with E-state index in [1.165, 1.54) is 25.7 Å². The van der Waals surface area contributed by atoms with Crippen molar-refractivity contribution >= 4 is 0 Å². The van der Waals surface area contributed by atoms with Crippen LogP contribution in [0, 0.1) is 5.92 Å². The zero-order valence-electron chi connectivity index (χ0n) is 7.66. The van der Waals surface area contributed by atoms with Gasteiger partial charge in [0.05, 0.1) is 12.9 Å². The molecule has 1 aromatic rings. The maximum atomic E-state index is 5.63. The maximum Gasteiger partial charge on any atom is 0.152 e. The predicted molar refractivity (Wildman–Crippen MR) is 48.3 cm³/mol. The largest absolute Gasteiger partial charge is 0.466 e. The van der Waals surface area contributed by atoms with Crippen molar-refractivity contribution in [2.45, 2.75) is 31.3 Å². The van der Waals surface area contributed by atoms with Crippen molar-refractivity contribution in [3.8, 4) is 0 Å². The lowest BCUT2D eigenvalue weighted by Crippen LogP contribution is -2.18. The van der Waals surface area contributed by atoms with Crippen LogP contribution in [0.3, 0.4) is 0 Å². The molecule has 1 atom stereocenters. The number of epoxide rings is 1. The van der Waals surface area contributed by atoms with Gasteiger partial charge in [-0.2, -0.15) is 0 Å². The first-order valence-electron chi connectivity index (χ1n) is 5.10. The average Bonchev–Trinajstić information content (AvgIpc) is 2.68. The van der Waals surface area contributed by atoms with E-state index in [4.69, 9.17) is 9.15 Å². The molecule has 1 aliphatic carbocycles. The lowest BCUT2D eigenvalue weighted by Gasteiger charge is -2.16. The molecule has 0 aromatic carbocycles. The molecular formula is C11H14O2. The zero-order chi connectivity index (χ0) is 8.73. The van der Waals surface area contributed by atoms with E-state index in [1.807, 2.05) is 12.1 Å². The molecule has 0 bridgehead atoms. The van der Waals surface area contributed by atoms with Crippen molar-refractivity contribution in [3.63, 3.8) is 0 Å². The summed E-state index contributed by atoms with van der Waals surface area (Å²) in [6.07, 6.45) is 7.07. The molecule has 3 rings (SSSR count). The molecule has 13 heavy (non-hydrogen) atoms. The molecule has 1 saturated carbocycles. The molecular weight excluding hydrogens is 164 g/mol. The smallest absolute Gasteiger partial charge is 0.152 e. The van der Waals surface area contributed by atoms with E-state index in [1.54, 1.807) is 6.26 Å². The molecule has 0 radical (unpaired) electrons. The van der Waals surface area contributed by atoms with Gasteiger partial charge >= 0.3 is 0 Å². The van der Waals surface area contributed by atoms with E-state index < -0.39 is 0 Å². The highest BCUT2D eigenvalue weighted by Gasteiger charge is 2.55. The standard InChI is InChI=1S/C11H14O2/c1-2-5-9(4-1)11(8-13-11)10-6-3-7-12-10/h3,6-7,9H,1-2,4-5,8H2. The Balaban J connectivity index is 1.88. The highest BCUT2D eigenvalue weighted by Crippen LogP contribution is 2.51. The van der Waals surface area contributed by atoms with E-state index in [2.05, 4.69) is 0 Å². The highest BCUT2D eigenvalue weighted by atomic mass is 16.6. The number of hydrogen-bond donors (Lipinski definition) is 0. The third kappa shape index (κ3) is 1.05. The van der Waals surface area contributed by atoms with Gasteiger partial charge < -0.3 is 9.15 Å². The van der Waals surface area contributed by atoms with Crippen LogP contribution in [0.4, 0.5) is 0 Å². The Morgan fingerprint density at radius 3 is 2.62 bits per heavy atom. The van der Waals surface area contributed by atoms with Crippen molar-refractivity contribution in [2.24, 2.45) is 5.92 Å². The van der Waals surface area contributed by atoms with Crippen LogP contribution >= 0.6 is 0 Å². The Morgan fingerprint density at radius 2 is 2.08 bits per heavy atom. The minimum absolute atomic E-state index is 0.0139. The van der Waals surface area contributed by atoms with Gasteiger partial charge in [0, 0.05) is 0 Å². The summed E-state index contributed by atoms with van der Waals surface area (Å²) in [7, 11) is 0. The van der Waals surface area contributed by atoms with Crippen LogP contribution in [0.25, 0.3) is 0 Å². The minimum atomic E-state index is -0.0139. The normalized spacial score (nSPS) is 33.8. The summed E-state index contributed by atoms with van der Waals surface area (Å²) in [6.45, 7) is 0.866. The Hall–Kier alpha value is -0.760. The lowest BCUT2D eigenvalue weighted by molar-refractivity contribution is 0.188. The number of furan rings is 1. The average molecular weight is 178 g/mol. The Morgan fingerprint density at radius 1 is 1.31 bits per heavy atom. The summed E-state index contributed by atoms with van der Waals surface area (Å²) in [6, 6.07) is 4.00. The van der Waals surface area contributed by atoms with Gasteiger partial charge in [-0.05, 0) is 30.9 Å². The summed E-state index contributed by atoms with van der Waals surface area (Å²) >= 11 is 0. The van der Waals surface area contributed by atoms with E-state index in [9.17, 15) is 0 Å². The van der Waals surface area contributed by atoms with Crippen molar-refractivity contribution in [1.82, 2.24) is 0 Å². The maximum absolute atomic E-state index is 5.63. The summed E-state index contributed by atoms with van der Waals surface area (Å²) in [5.41, 5.74) is -0.0139. The first-order valence-corrected chi connectivity index (χ1v) is 5.10. The molecule has 2 heteroatoms. The second-order valence-electron chi connectivity index (χ2n) is 4.14. The summed E-state index contributed by atoms with van der Waals surface area (Å²) in [4.78, 5) is 0. The molecule has 0 N–H and O–H groups in total. The lowest BCUT2D eigenvalue weighted by atomic mass is 9.89. The monoisotopic (exact) mass is 178 g/mol. The van der Waals surface area contributed by atoms with E-state index in [0.717, 1.165) is 12.4 Å². The molecule has 2 aliphatic rings. The first-order chi connectivity index (χ1) is 6.42. The topological polar surface area (TPSA) is 25.7 Å². The van der Waals surface area contributed by atoms with Crippen molar-refractivity contribution in [2.75, 3.05) is 6.61 Å². The van der Waals surface area contributed by atoms with Crippen LogP contribution in [0.1, 0.15) is 31.4 Å². The third-order valence-corrected chi connectivity index (χ3v) is 3.41. The van der Waals surface area contributed by atoms with Gasteiger partial charge in [0.1, 0.15) is 5.76 Å². The number of hydrogen-bond acceptors (Lipinski definition) is 2. The van der Waals surface area contributed by atoms with Gasteiger partial charge in [-0.25, -0.2) is 0 Å². The zero-order valence-corrected chi connectivity index (χ0v) is 7.66. The van der Waals surface area contributed by atoms with Crippen LogP contribution in [0.2, 0.25) is 0 Å². The van der Waals surface area contributed by atoms with Crippen LogP contribution in [-0.2, 0) is 10.3 Å². The van der Waals surface area contributed by atoms with Crippen LogP contribution in [0.15, 0.2) is 22.8 Å². The molecule has 1 saturated heterocycles. The summed E-state index contributed by atoms with van der Waals surface area (Å²) in [5.74, 6) is 1.75. The number of rotatable bonds is 2. The van der Waals surface area contributed by atoms with Crippen molar-refractivity contribution < 1.29 is 9.15 Å². The molecule has 2 heterocycles. The Bertz CT molecular complexity index is 279. The van der Waals surface area contributed by atoms with Crippen molar-refractivity contribution in [1.29, 1.82) is 0 Å². The second kappa shape index (κ2) is 2.61. The molecule has 1 aliphatic heterocycles. The fourth-order valence-electron chi connectivity index (χ4n) is 2.57.